The van der Waals surface area contributed by atoms with Crippen LogP contribution in [0, 0.1) is 0 Å². The summed E-state index contributed by atoms with van der Waals surface area (Å²) in [6, 6.07) is 0. The molecule has 0 aromatic heterocycles. The van der Waals surface area contributed by atoms with E-state index in [0.717, 1.165) is 19.6 Å². The summed E-state index contributed by atoms with van der Waals surface area (Å²) in [5, 5.41) is 0.642. The third-order valence-electron chi connectivity index (χ3n) is 1.62. The summed E-state index contributed by atoms with van der Waals surface area (Å²) in [6.07, 6.45) is 3.20. The summed E-state index contributed by atoms with van der Waals surface area (Å²) >= 11 is 1.85. The van der Waals surface area contributed by atoms with Crippen LogP contribution in [-0.4, -0.2) is 31.0 Å². The first-order chi connectivity index (χ1) is 4.83. The average Bonchev–Trinajstić information content (AvgIpc) is 2.40. The van der Waals surface area contributed by atoms with Gasteiger partial charge in [-0.15, -0.1) is 0 Å². The summed E-state index contributed by atoms with van der Waals surface area (Å²) < 4.78 is 10.6. The standard InChI is InChI=1S/C7H14O2S/c1-6(10-2)5-7-8-3-4-9-7/h6-7H,3-5H2,1-2H3. The summed E-state index contributed by atoms with van der Waals surface area (Å²) in [7, 11) is 0. The lowest BCUT2D eigenvalue weighted by Gasteiger charge is -2.12. The second kappa shape index (κ2) is 4.21. The van der Waals surface area contributed by atoms with Crippen LogP contribution in [-0.2, 0) is 9.47 Å². The van der Waals surface area contributed by atoms with E-state index in [2.05, 4.69) is 13.2 Å². The molecule has 1 atom stereocenters. The van der Waals surface area contributed by atoms with Gasteiger partial charge in [-0.2, -0.15) is 11.8 Å². The largest absolute Gasteiger partial charge is 0.350 e. The third-order valence-corrected chi connectivity index (χ3v) is 2.61. The fourth-order valence-electron chi connectivity index (χ4n) is 0.911. The molecule has 0 bridgehead atoms. The molecule has 0 N–H and O–H groups in total. The molecule has 10 heavy (non-hydrogen) atoms. The van der Waals surface area contributed by atoms with Crippen LogP contribution in [0.5, 0.6) is 0 Å². The van der Waals surface area contributed by atoms with Crippen molar-refractivity contribution in [2.75, 3.05) is 19.5 Å². The van der Waals surface area contributed by atoms with Gasteiger partial charge in [0, 0.05) is 11.7 Å². The van der Waals surface area contributed by atoms with Gasteiger partial charge in [0.15, 0.2) is 6.29 Å². The zero-order valence-corrected chi connectivity index (χ0v) is 7.32. The molecule has 1 fully saturated rings. The smallest absolute Gasteiger partial charge is 0.158 e. The van der Waals surface area contributed by atoms with E-state index in [1.807, 2.05) is 11.8 Å². The highest BCUT2D eigenvalue weighted by Gasteiger charge is 2.17. The van der Waals surface area contributed by atoms with Gasteiger partial charge in [0.2, 0.25) is 0 Å². The van der Waals surface area contributed by atoms with Gasteiger partial charge in [-0.05, 0) is 6.26 Å². The van der Waals surface area contributed by atoms with E-state index in [-0.39, 0.29) is 6.29 Å². The molecule has 60 valence electrons. The molecule has 0 radical (unpaired) electrons. The number of ether oxygens (including phenoxy) is 2. The minimum absolute atomic E-state index is 0.0717. The maximum atomic E-state index is 5.29. The Balaban J connectivity index is 2.11. The Morgan fingerprint density at radius 2 is 2.10 bits per heavy atom. The van der Waals surface area contributed by atoms with Crippen molar-refractivity contribution in [3.8, 4) is 0 Å². The first-order valence-electron chi connectivity index (χ1n) is 3.59. The number of hydrogen-bond donors (Lipinski definition) is 0. The molecule has 1 saturated heterocycles. The molecule has 1 rings (SSSR count). The van der Waals surface area contributed by atoms with Crippen LogP contribution in [0.4, 0.5) is 0 Å². The molecule has 3 heteroatoms. The predicted molar refractivity (Wildman–Crippen MR) is 43.3 cm³/mol. The Labute approximate surface area is 66.3 Å². The van der Waals surface area contributed by atoms with Gasteiger partial charge in [0.05, 0.1) is 13.2 Å². The van der Waals surface area contributed by atoms with Crippen molar-refractivity contribution in [3.05, 3.63) is 0 Å². The first kappa shape index (κ1) is 8.37. The molecular formula is C7H14O2S. The number of rotatable bonds is 3. The van der Waals surface area contributed by atoms with Crippen LogP contribution in [0.3, 0.4) is 0 Å². The van der Waals surface area contributed by atoms with E-state index in [1.54, 1.807) is 0 Å². The van der Waals surface area contributed by atoms with Crippen LogP contribution in [0.1, 0.15) is 13.3 Å². The van der Waals surface area contributed by atoms with E-state index in [0.29, 0.717) is 5.25 Å². The van der Waals surface area contributed by atoms with Crippen LogP contribution in [0.2, 0.25) is 0 Å². The molecule has 1 aliphatic heterocycles. The van der Waals surface area contributed by atoms with Crippen molar-refractivity contribution < 1.29 is 9.47 Å². The zero-order chi connectivity index (χ0) is 7.40. The van der Waals surface area contributed by atoms with Crippen LogP contribution in [0.15, 0.2) is 0 Å². The van der Waals surface area contributed by atoms with Crippen molar-refractivity contribution in [2.45, 2.75) is 24.9 Å². The van der Waals surface area contributed by atoms with Crippen molar-refractivity contribution in [1.82, 2.24) is 0 Å². The van der Waals surface area contributed by atoms with Crippen LogP contribution >= 0.6 is 11.8 Å². The molecule has 1 heterocycles. The second-order valence-corrected chi connectivity index (χ2v) is 3.73. The van der Waals surface area contributed by atoms with Gasteiger partial charge in [-0.3, -0.25) is 0 Å². The lowest BCUT2D eigenvalue weighted by Crippen LogP contribution is -2.13. The Morgan fingerprint density at radius 3 is 2.60 bits per heavy atom. The van der Waals surface area contributed by atoms with Gasteiger partial charge in [-0.25, -0.2) is 0 Å². The number of thioether (sulfide) groups is 1. The summed E-state index contributed by atoms with van der Waals surface area (Å²) in [4.78, 5) is 0. The average molecular weight is 162 g/mol. The van der Waals surface area contributed by atoms with E-state index >= 15 is 0 Å². The van der Waals surface area contributed by atoms with E-state index < -0.39 is 0 Å². The highest BCUT2D eigenvalue weighted by Crippen LogP contribution is 2.17. The maximum absolute atomic E-state index is 5.29. The molecule has 0 aliphatic carbocycles. The lowest BCUT2D eigenvalue weighted by molar-refractivity contribution is -0.0458. The number of hydrogen-bond acceptors (Lipinski definition) is 3. The highest BCUT2D eigenvalue weighted by molar-refractivity contribution is 7.99. The third kappa shape index (κ3) is 2.48. The lowest BCUT2D eigenvalue weighted by atomic mass is 10.3. The molecule has 0 saturated carbocycles. The van der Waals surface area contributed by atoms with Gasteiger partial charge in [0.25, 0.3) is 0 Å². The molecular weight excluding hydrogens is 148 g/mol. The quantitative estimate of drug-likeness (QED) is 0.626. The summed E-state index contributed by atoms with van der Waals surface area (Å²) in [5.74, 6) is 0. The normalized spacial score (nSPS) is 23.4. The Hall–Kier alpha value is 0.270. The maximum Gasteiger partial charge on any atom is 0.158 e. The minimum atomic E-state index is 0.0717. The fourth-order valence-corrected chi connectivity index (χ4v) is 1.26. The molecule has 0 aromatic rings. The van der Waals surface area contributed by atoms with E-state index in [4.69, 9.17) is 9.47 Å². The van der Waals surface area contributed by atoms with E-state index in [1.165, 1.54) is 0 Å². The van der Waals surface area contributed by atoms with Gasteiger partial charge >= 0.3 is 0 Å². The predicted octanol–water partition coefficient (Wildman–Crippen LogP) is 1.50. The summed E-state index contributed by atoms with van der Waals surface area (Å²) in [5.41, 5.74) is 0. The Kier molecular flexibility index (Phi) is 3.52. The topological polar surface area (TPSA) is 18.5 Å². The zero-order valence-electron chi connectivity index (χ0n) is 6.50. The highest BCUT2D eigenvalue weighted by atomic mass is 32.2. The molecule has 2 nitrogen and oxygen atoms in total. The second-order valence-electron chi connectivity index (χ2n) is 2.45. The molecule has 0 amide bonds. The minimum Gasteiger partial charge on any atom is -0.350 e. The Morgan fingerprint density at radius 1 is 1.50 bits per heavy atom. The van der Waals surface area contributed by atoms with Gasteiger partial charge in [0.1, 0.15) is 0 Å². The fraction of sp³-hybridized carbons (Fsp3) is 1.00. The monoisotopic (exact) mass is 162 g/mol. The van der Waals surface area contributed by atoms with E-state index in [9.17, 15) is 0 Å². The molecule has 1 aliphatic rings. The van der Waals surface area contributed by atoms with Crippen molar-refractivity contribution >= 4 is 11.8 Å². The van der Waals surface area contributed by atoms with Crippen molar-refractivity contribution in [1.29, 1.82) is 0 Å². The Bertz CT molecular complexity index is 91.6. The van der Waals surface area contributed by atoms with Crippen molar-refractivity contribution in [2.24, 2.45) is 0 Å². The molecule has 1 unspecified atom stereocenters. The van der Waals surface area contributed by atoms with Crippen LogP contribution < -0.4 is 0 Å². The molecule has 0 spiro atoms. The SMILES string of the molecule is CSC(C)CC1OCCO1. The van der Waals surface area contributed by atoms with Gasteiger partial charge < -0.3 is 9.47 Å². The van der Waals surface area contributed by atoms with Crippen molar-refractivity contribution in [3.63, 3.8) is 0 Å². The van der Waals surface area contributed by atoms with Crippen LogP contribution in [0.25, 0.3) is 0 Å². The van der Waals surface area contributed by atoms with Gasteiger partial charge in [-0.1, -0.05) is 6.92 Å². The molecule has 0 aromatic carbocycles. The summed E-state index contributed by atoms with van der Waals surface area (Å²) in [6.45, 7) is 3.73. The first-order valence-corrected chi connectivity index (χ1v) is 4.87.